The Labute approximate surface area is 81.9 Å². The predicted molar refractivity (Wildman–Crippen MR) is 55.8 cm³/mol. The topological polar surface area (TPSA) is 64.1 Å². The summed E-state index contributed by atoms with van der Waals surface area (Å²) in [6.45, 7) is 0.934. The molecule has 0 amide bonds. The number of rotatable bonds is 3. The van der Waals surface area contributed by atoms with Gasteiger partial charge in [-0.1, -0.05) is 0 Å². The molecule has 0 fully saturated rings. The van der Waals surface area contributed by atoms with Gasteiger partial charge in [-0.3, -0.25) is 4.68 Å². The fourth-order valence-corrected chi connectivity index (χ4v) is 1.43. The lowest BCUT2D eigenvalue weighted by Gasteiger charge is -1.96. The first-order valence-electron chi connectivity index (χ1n) is 4.63. The summed E-state index contributed by atoms with van der Waals surface area (Å²) in [5.74, 6) is 0. The highest BCUT2D eigenvalue weighted by molar-refractivity contribution is 5.81. The monoisotopic (exact) mass is 191 g/mol. The molecule has 0 radical (unpaired) electrons. The number of aryl methyl sites for hydroxylation is 1. The van der Waals surface area contributed by atoms with Crippen LogP contribution in [0.25, 0.3) is 10.9 Å². The number of aliphatic hydroxyl groups excluding tert-OH is 1. The van der Waals surface area contributed by atoms with Crippen LogP contribution in [-0.4, -0.2) is 21.5 Å². The molecular formula is C10H13N3O. The molecule has 1 heterocycles. The second-order valence-corrected chi connectivity index (χ2v) is 3.29. The molecular weight excluding hydrogens is 178 g/mol. The molecule has 74 valence electrons. The molecule has 0 aliphatic heterocycles. The van der Waals surface area contributed by atoms with Crippen molar-refractivity contribution in [3.05, 3.63) is 24.4 Å². The van der Waals surface area contributed by atoms with Crippen molar-refractivity contribution in [2.45, 2.75) is 13.0 Å². The van der Waals surface area contributed by atoms with Gasteiger partial charge in [0.15, 0.2) is 0 Å². The van der Waals surface area contributed by atoms with Crippen LogP contribution in [0.5, 0.6) is 0 Å². The van der Waals surface area contributed by atoms with E-state index in [2.05, 4.69) is 5.10 Å². The maximum absolute atomic E-state index is 8.69. The number of fused-ring (bicyclic) bond motifs is 1. The molecule has 0 bridgehead atoms. The molecule has 1 aromatic carbocycles. The lowest BCUT2D eigenvalue weighted by molar-refractivity contribution is 0.277. The average Bonchev–Trinajstić information content (AvgIpc) is 2.56. The average molecular weight is 191 g/mol. The van der Waals surface area contributed by atoms with Gasteiger partial charge in [-0.05, 0) is 24.6 Å². The molecule has 0 aliphatic carbocycles. The van der Waals surface area contributed by atoms with Crippen LogP contribution in [0, 0.1) is 0 Å². The molecule has 1 aromatic heterocycles. The van der Waals surface area contributed by atoms with Crippen molar-refractivity contribution in [2.75, 3.05) is 12.3 Å². The van der Waals surface area contributed by atoms with E-state index in [1.54, 1.807) is 0 Å². The molecule has 0 atom stereocenters. The van der Waals surface area contributed by atoms with Gasteiger partial charge in [-0.2, -0.15) is 5.10 Å². The van der Waals surface area contributed by atoms with Crippen LogP contribution in [0.2, 0.25) is 0 Å². The SMILES string of the molecule is Nc1ccc2cn(CCCO)nc2c1. The zero-order valence-electron chi connectivity index (χ0n) is 7.85. The second kappa shape index (κ2) is 3.67. The smallest absolute Gasteiger partial charge is 0.0943 e. The van der Waals surface area contributed by atoms with Crippen LogP contribution in [0.3, 0.4) is 0 Å². The normalized spacial score (nSPS) is 10.9. The molecule has 0 saturated carbocycles. The Morgan fingerprint density at radius 3 is 3.07 bits per heavy atom. The number of benzene rings is 1. The summed E-state index contributed by atoms with van der Waals surface area (Å²) < 4.78 is 1.83. The highest BCUT2D eigenvalue weighted by Crippen LogP contribution is 2.15. The van der Waals surface area contributed by atoms with Crippen molar-refractivity contribution in [2.24, 2.45) is 0 Å². The first kappa shape index (κ1) is 9.02. The Hall–Kier alpha value is -1.55. The first-order chi connectivity index (χ1) is 6.79. The van der Waals surface area contributed by atoms with Crippen molar-refractivity contribution in [3.63, 3.8) is 0 Å². The third-order valence-electron chi connectivity index (χ3n) is 2.12. The van der Waals surface area contributed by atoms with E-state index in [-0.39, 0.29) is 6.61 Å². The van der Waals surface area contributed by atoms with E-state index in [0.29, 0.717) is 0 Å². The van der Waals surface area contributed by atoms with E-state index in [9.17, 15) is 0 Å². The summed E-state index contributed by atoms with van der Waals surface area (Å²) in [4.78, 5) is 0. The van der Waals surface area contributed by atoms with Gasteiger partial charge in [-0.25, -0.2) is 0 Å². The molecule has 0 saturated heterocycles. The van der Waals surface area contributed by atoms with Crippen molar-refractivity contribution >= 4 is 16.6 Å². The Kier molecular flexibility index (Phi) is 2.37. The van der Waals surface area contributed by atoms with Gasteiger partial charge >= 0.3 is 0 Å². The van der Waals surface area contributed by atoms with E-state index in [1.165, 1.54) is 0 Å². The Morgan fingerprint density at radius 2 is 2.29 bits per heavy atom. The minimum absolute atomic E-state index is 0.193. The van der Waals surface area contributed by atoms with E-state index in [1.807, 2.05) is 29.1 Å². The van der Waals surface area contributed by atoms with Gasteiger partial charge in [0, 0.05) is 30.4 Å². The maximum atomic E-state index is 8.69. The van der Waals surface area contributed by atoms with E-state index < -0.39 is 0 Å². The van der Waals surface area contributed by atoms with Crippen LogP contribution in [0.15, 0.2) is 24.4 Å². The summed E-state index contributed by atoms with van der Waals surface area (Å²) >= 11 is 0. The minimum atomic E-state index is 0.193. The van der Waals surface area contributed by atoms with Gasteiger partial charge in [0.1, 0.15) is 0 Å². The van der Waals surface area contributed by atoms with Crippen molar-refractivity contribution < 1.29 is 5.11 Å². The predicted octanol–water partition coefficient (Wildman–Crippen LogP) is 1.00. The van der Waals surface area contributed by atoms with Crippen LogP contribution in [0.1, 0.15) is 6.42 Å². The Bertz CT molecular complexity index is 436. The Balaban J connectivity index is 2.32. The second-order valence-electron chi connectivity index (χ2n) is 3.29. The maximum Gasteiger partial charge on any atom is 0.0943 e. The lowest BCUT2D eigenvalue weighted by Crippen LogP contribution is -1.99. The third-order valence-corrected chi connectivity index (χ3v) is 2.12. The zero-order chi connectivity index (χ0) is 9.97. The van der Waals surface area contributed by atoms with Crippen LogP contribution < -0.4 is 5.73 Å². The summed E-state index contributed by atoms with van der Waals surface area (Å²) in [6, 6.07) is 5.66. The molecule has 2 rings (SSSR count). The van der Waals surface area contributed by atoms with Crippen molar-refractivity contribution in [3.8, 4) is 0 Å². The van der Waals surface area contributed by atoms with Gasteiger partial charge in [0.25, 0.3) is 0 Å². The molecule has 0 spiro atoms. The standard InChI is InChI=1S/C10H13N3O/c11-9-3-2-8-7-13(4-1-5-14)12-10(8)6-9/h2-3,6-7,14H,1,4-5,11H2. The molecule has 0 unspecified atom stereocenters. The van der Waals surface area contributed by atoms with E-state index in [4.69, 9.17) is 10.8 Å². The van der Waals surface area contributed by atoms with Crippen LogP contribution in [0.4, 0.5) is 5.69 Å². The lowest BCUT2D eigenvalue weighted by atomic mass is 10.2. The number of aliphatic hydroxyl groups is 1. The number of nitrogens with two attached hydrogens (primary N) is 1. The van der Waals surface area contributed by atoms with Gasteiger partial charge in [0.05, 0.1) is 5.52 Å². The minimum Gasteiger partial charge on any atom is -0.399 e. The fourth-order valence-electron chi connectivity index (χ4n) is 1.43. The van der Waals surface area contributed by atoms with Gasteiger partial charge in [-0.15, -0.1) is 0 Å². The van der Waals surface area contributed by atoms with E-state index >= 15 is 0 Å². The molecule has 4 heteroatoms. The highest BCUT2D eigenvalue weighted by Gasteiger charge is 1.99. The summed E-state index contributed by atoms with van der Waals surface area (Å²) in [5, 5.41) is 14.1. The summed E-state index contributed by atoms with van der Waals surface area (Å²) in [5.41, 5.74) is 7.28. The van der Waals surface area contributed by atoms with Crippen molar-refractivity contribution in [1.29, 1.82) is 0 Å². The van der Waals surface area contributed by atoms with Gasteiger partial charge < -0.3 is 10.8 Å². The molecule has 4 nitrogen and oxygen atoms in total. The van der Waals surface area contributed by atoms with E-state index in [0.717, 1.165) is 29.6 Å². The highest BCUT2D eigenvalue weighted by atomic mass is 16.3. The molecule has 14 heavy (non-hydrogen) atoms. The number of aromatic nitrogens is 2. The molecule has 3 N–H and O–H groups in total. The number of hydrogen-bond donors (Lipinski definition) is 2. The molecule has 0 aliphatic rings. The molecule has 2 aromatic rings. The fraction of sp³-hybridized carbons (Fsp3) is 0.300. The van der Waals surface area contributed by atoms with Crippen molar-refractivity contribution in [1.82, 2.24) is 9.78 Å². The summed E-state index contributed by atoms with van der Waals surface area (Å²) in [7, 11) is 0. The largest absolute Gasteiger partial charge is 0.399 e. The number of anilines is 1. The number of hydrogen-bond acceptors (Lipinski definition) is 3. The summed E-state index contributed by atoms with van der Waals surface area (Å²) in [6.07, 6.45) is 2.69. The number of nitrogen functional groups attached to an aromatic ring is 1. The van der Waals surface area contributed by atoms with Crippen LogP contribution in [-0.2, 0) is 6.54 Å². The first-order valence-corrected chi connectivity index (χ1v) is 4.63. The van der Waals surface area contributed by atoms with Crippen LogP contribution >= 0.6 is 0 Å². The number of nitrogens with zero attached hydrogens (tertiary/aromatic N) is 2. The van der Waals surface area contributed by atoms with Gasteiger partial charge in [0.2, 0.25) is 0 Å². The Morgan fingerprint density at radius 1 is 1.43 bits per heavy atom. The zero-order valence-corrected chi connectivity index (χ0v) is 7.85. The quantitative estimate of drug-likeness (QED) is 0.711. The third kappa shape index (κ3) is 1.70.